The highest BCUT2D eigenvalue weighted by Gasteiger charge is 1.96. The zero-order valence-electron chi connectivity index (χ0n) is 12.8. The highest BCUT2D eigenvalue weighted by molar-refractivity contribution is 4.65. The minimum absolute atomic E-state index is 0. The first-order valence-electron chi connectivity index (χ1n) is 6.67. The average molecular weight is 321 g/mol. The van der Waals surface area contributed by atoms with Crippen molar-refractivity contribution in [2.75, 3.05) is 0 Å². The van der Waals surface area contributed by atoms with Crippen molar-refractivity contribution in [3.8, 4) is 0 Å². The Balaban J connectivity index is 0. The molecule has 0 aliphatic heterocycles. The van der Waals surface area contributed by atoms with Crippen LogP contribution < -0.4 is 33.9 Å². The molecule has 0 spiro atoms. The Morgan fingerprint density at radius 1 is 0.850 bits per heavy atom. The van der Waals surface area contributed by atoms with Crippen molar-refractivity contribution in [1.82, 2.24) is 9.13 Å². The zero-order valence-corrected chi connectivity index (χ0v) is 14.3. The quantitative estimate of drug-likeness (QED) is 0.505. The predicted octanol–water partition coefficient (Wildman–Crippen LogP) is -4.55. The lowest BCUT2D eigenvalue weighted by Gasteiger charge is -1.90. The number of halogens is 2. The van der Waals surface area contributed by atoms with Crippen LogP contribution in [0.3, 0.4) is 0 Å². The van der Waals surface area contributed by atoms with E-state index < -0.39 is 0 Å². The molecule has 0 aromatic carbocycles. The summed E-state index contributed by atoms with van der Waals surface area (Å²) in [7, 11) is 4.06. The lowest BCUT2D eigenvalue weighted by atomic mass is 10.3. The van der Waals surface area contributed by atoms with Gasteiger partial charge >= 0.3 is 0 Å². The average Bonchev–Trinajstić information content (AvgIpc) is 2.96. The van der Waals surface area contributed by atoms with E-state index in [1.54, 1.807) is 0 Å². The number of imidazole rings is 2. The van der Waals surface area contributed by atoms with Crippen LogP contribution in [0.5, 0.6) is 0 Å². The fourth-order valence-corrected chi connectivity index (χ4v) is 1.66. The molecular weight excluding hydrogens is 295 g/mol. The van der Waals surface area contributed by atoms with Gasteiger partial charge in [-0.2, -0.15) is 0 Å². The third kappa shape index (κ3) is 8.23. The standard InChI is InChI=1S/C8H15N2.C6H11N2.2ClH/c1-3-4-5-10-7-6-9(2)8-10;1-3-8-5-4-7(2)6-8;;/h6-8H,3-5H2,1-2H3;4-6H,3H2,1-2H3;2*1H/q2*+1;;/p-2. The van der Waals surface area contributed by atoms with Gasteiger partial charge in [-0.05, 0) is 13.3 Å². The Kier molecular flexibility index (Phi) is 12.6. The predicted molar refractivity (Wildman–Crippen MR) is 71.8 cm³/mol. The summed E-state index contributed by atoms with van der Waals surface area (Å²) in [6.45, 7) is 6.54. The first-order valence-corrected chi connectivity index (χ1v) is 6.67. The minimum Gasteiger partial charge on any atom is -1.00 e. The van der Waals surface area contributed by atoms with Crippen LogP contribution in [-0.4, -0.2) is 9.13 Å². The molecule has 6 heteroatoms. The van der Waals surface area contributed by atoms with E-state index in [4.69, 9.17) is 0 Å². The molecule has 0 aliphatic rings. The summed E-state index contributed by atoms with van der Waals surface area (Å²) in [5.74, 6) is 0. The normalized spacial score (nSPS) is 9.00. The van der Waals surface area contributed by atoms with Crippen LogP contribution in [0.4, 0.5) is 0 Å². The summed E-state index contributed by atoms with van der Waals surface area (Å²) < 4.78 is 8.43. The maximum absolute atomic E-state index is 2.21. The van der Waals surface area contributed by atoms with Gasteiger partial charge < -0.3 is 24.8 Å². The number of unbranched alkanes of at least 4 members (excludes halogenated alkanes) is 1. The summed E-state index contributed by atoms with van der Waals surface area (Å²) in [5.41, 5.74) is 0. The molecular formula is C14H26Cl2N4. The third-order valence-corrected chi connectivity index (χ3v) is 2.78. The molecule has 116 valence electrons. The number of rotatable bonds is 4. The maximum atomic E-state index is 2.21. The van der Waals surface area contributed by atoms with Gasteiger partial charge in [0.15, 0.2) is 0 Å². The summed E-state index contributed by atoms with van der Waals surface area (Å²) in [6.07, 6.45) is 15.0. The van der Waals surface area contributed by atoms with Gasteiger partial charge in [0.2, 0.25) is 12.7 Å². The van der Waals surface area contributed by atoms with Crippen molar-refractivity contribution in [2.24, 2.45) is 14.1 Å². The Bertz CT molecular complexity index is 451. The monoisotopic (exact) mass is 320 g/mol. The van der Waals surface area contributed by atoms with Crippen molar-refractivity contribution in [3.63, 3.8) is 0 Å². The summed E-state index contributed by atoms with van der Waals surface area (Å²) in [6, 6.07) is 0. The summed E-state index contributed by atoms with van der Waals surface area (Å²) in [5, 5.41) is 0. The van der Waals surface area contributed by atoms with Gasteiger partial charge in [0.05, 0.1) is 27.2 Å². The number of hydrogen-bond donors (Lipinski definition) is 0. The fourth-order valence-electron chi connectivity index (χ4n) is 1.66. The Labute approximate surface area is 134 Å². The largest absolute Gasteiger partial charge is 1.00 e. The second-order valence-electron chi connectivity index (χ2n) is 4.58. The number of aromatic nitrogens is 4. The molecule has 0 atom stereocenters. The van der Waals surface area contributed by atoms with Crippen LogP contribution in [-0.2, 0) is 27.2 Å². The van der Waals surface area contributed by atoms with Crippen LogP contribution in [0.25, 0.3) is 0 Å². The molecule has 0 unspecified atom stereocenters. The van der Waals surface area contributed by atoms with E-state index in [2.05, 4.69) is 58.8 Å². The van der Waals surface area contributed by atoms with E-state index in [0.717, 1.165) is 13.1 Å². The fraction of sp³-hybridized carbons (Fsp3) is 0.571. The molecule has 2 heterocycles. The van der Waals surface area contributed by atoms with Crippen molar-refractivity contribution in [3.05, 3.63) is 37.4 Å². The first kappa shape index (κ1) is 21.3. The lowest BCUT2D eigenvalue weighted by molar-refractivity contribution is -0.671. The van der Waals surface area contributed by atoms with E-state index in [9.17, 15) is 0 Å². The molecule has 0 N–H and O–H groups in total. The van der Waals surface area contributed by atoms with Crippen molar-refractivity contribution in [1.29, 1.82) is 0 Å². The Morgan fingerprint density at radius 3 is 1.65 bits per heavy atom. The van der Waals surface area contributed by atoms with E-state index in [0.29, 0.717) is 0 Å². The molecule has 2 aromatic heterocycles. The second kappa shape index (κ2) is 11.8. The van der Waals surface area contributed by atoms with Crippen molar-refractivity contribution >= 4 is 0 Å². The van der Waals surface area contributed by atoms with Gasteiger partial charge in [-0.15, -0.1) is 0 Å². The Morgan fingerprint density at radius 2 is 1.35 bits per heavy atom. The molecule has 0 fully saturated rings. The number of aryl methyl sites for hydroxylation is 4. The van der Waals surface area contributed by atoms with Crippen molar-refractivity contribution in [2.45, 2.75) is 39.8 Å². The topological polar surface area (TPSA) is 17.6 Å². The molecule has 2 aromatic rings. The smallest absolute Gasteiger partial charge is 0.243 e. The number of hydrogen-bond acceptors (Lipinski definition) is 0. The van der Waals surface area contributed by atoms with Crippen LogP contribution in [0.1, 0.15) is 26.7 Å². The molecule has 4 nitrogen and oxygen atoms in total. The van der Waals surface area contributed by atoms with Gasteiger partial charge in [0.25, 0.3) is 0 Å². The van der Waals surface area contributed by atoms with Crippen LogP contribution in [0.15, 0.2) is 37.4 Å². The Hall–Kier alpha value is -1.00. The maximum Gasteiger partial charge on any atom is 0.243 e. The van der Waals surface area contributed by atoms with Gasteiger partial charge in [0, 0.05) is 0 Å². The summed E-state index contributed by atoms with van der Waals surface area (Å²) >= 11 is 0. The van der Waals surface area contributed by atoms with E-state index >= 15 is 0 Å². The van der Waals surface area contributed by atoms with Gasteiger partial charge in [-0.25, -0.2) is 18.3 Å². The molecule has 0 bridgehead atoms. The van der Waals surface area contributed by atoms with Crippen molar-refractivity contribution < 1.29 is 33.9 Å². The van der Waals surface area contributed by atoms with Gasteiger partial charge in [-0.3, -0.25) is 0 Å². The van der Waals surface area contributed by atoms with Crippen LogP contribution in [0.2, 0.25) is 0 Å². The zero-order chi connectivity index (χ0) is 13.4. The van der Waals surface area contributed by atoms with Crippen LogP contribution in [0, 0.1) is 0 Å². The van der Waals surface area contributed by atoms with Crippen LogP contribution >= 0.6 is 0 Å². The first-order chi connectivity index (χ1) is 8.65. The molecule has 0 amide bonds. The minimum atomic E-state index is 0. The molecule has 0 saturated heterocycles. The summed E-state index contributed by atoms with van der Waals surface area (Å²) in [4.78, 5) is 0. The molecule has 0 saturated carbocycles. The van der Waals surface area contributed by atoms with Gasteiger partial charge in [-0.1, -0.05) is 13.3 Å². The second-order valence-corrected chi connectivity index (χ2v) is 4.58. The lowest BCUT2D eigenvalue weighted by Crippen LogP contribution is -3.00. The van der Waals surface area contributed by atoms with E-state index in [1.165, 1.54) is 12.8 Å². The molecule has 0 aliphatic carbocycles. The molecule has 0 radical (unpaired) electrons. The number of nitrogens with zero attached hydrogens (tertiary/aromatic N) is 4. The van der Waals surface area contributed by atoms with Gasteiger partial charge in [0.1, 0.15) is 24.8 Å². The SMILES string of the molecule is CCCCn1cc[n+](C)c1.CCn1cc[n+](C)c1.[Cl-].[Cl-]. The molecule has 2 rings (SSSR count). The van der Waals surface area contributed by atoms with E-state index in [-0.39, 0.29) is 24.8 Å². The highest BCUT2D eigenvalue weighted by Crippen LogP contribution is 1.91. The van der Waals surface area contributed by atoms with E-state index in [1.807, 2.05) is 24.9 Å². The highest BCUT2D eigenvalue weighted by atomic mass is 35.5. The molecule has 20 heavy (non-hydrogen) atoms. The third-order valence-electron chi connectivity index (χ3n) is 2.78.